The number of nitrogens with zero attached hydrogens (tertiary/aromatic N) is 3. The first-order chi connectivity index (χ1) is 14.6. The van der Waals surface area contributed by atoms with Crippen molar-refractivity contribution < 1.29 is 23.5 Å². The lowest BCUT2D eigenvalue weighted by atomic mass is 10.0. The molecule has 0 bridgehead atoms. The third-order valence-electron chi connectivity index (χ3n) is 5.51. The number of likely N-dealkylation sites (tertiary alicyclic amines) is 1. The number of morpholine rings is 1. The number of rotatable bonds is 5. The second kappa shape index (κ2) is 9.21. The van der Waals surface area contributed by atoms with Crippen LogP contribution in [0.2, 0.25) is 0 Å². The molecule has 0 spiro atoms. The van der Waals surface area contributed by atoms with Gasteiger partial charge in [0.1, 0.15) is 30.9 Å². The van der Waals surface area contributed by atoms with E-state index >= 15 is 0 Å². The van der Waals surface area contributed by atoms with Gasteiger partial charge in [0.15, 0.2) is 0 Å². The third-order valence-corrected chi connectivity index (χ3v) is 5.51. The molecule has 1 atom stereocenters. The second-order valence-electron chi connectivity index (χ2n) is 7.51. The Kier molecular flexibility index (Phi) is 6.23. The van der Waals surface area contributed by atoms with Crippen molar-refractivity contribution in [1.29, 1.82) is 0 Å². The quantitative estimate of drug-likeness (QED) is 0.751. The number of pyridine rings is 1. The van der Waals surface area contributed by atoms with Crippen molar-refractivity contribution in [1.82, 2.24) is 14.8 Å². The molecule has 2 fully saturated rings. The molecule has 1 unspecified atom stereocenters. The van der Waals surface area contributed by atoms with Crippen LogP contribution in [0, 0.1) is 5.82 Å². The Morgan fingerprint density at radius 1 is 1.20 bits per heavy atom. The van der Waals surface area contributed by atoms with Gasteiger partial charge < -0.3 is 19.3 Å². The lowest BCUT2D eigenvalue weighted by molar-refractivity contribution is -0.155. The molecule has 0 saturated carbocycles. The van der Waals surface area contributed by atoms with Crippen LogP contribution in [0.1, 0.15) is 23.2 Å². The van der Waals surface area contributed by atoms with E-state index in [1.54, 1.807) is 36.7 Å². The van der Waals surface area contributed by atoms with Crippen molar-refractivity contribution in [3.63, 3.8) is 0 Å². The number of hydrogen-bond acceptors (Lipinski definition) is 5. The molecule has 8 heteroatoms. The molecule has 2 saturated heterocycles. The van der Waals surface area contributed by atoms with Crippen molar-refractivity contribution in [2.24, 2.45) is 0 Å². The maximum atomic E-state index is 13.0. The van der Waals surface area contributed by atoms with Gasteiger partial charge in [0.05, 0.1) is 12.1 Å². The maximum Gasteiger partial charge on any atom is 0.255 e. The fraction of sp³-hybridized carbons (Fsp3) is 0.409. The molecule has 30 heavy (non-hydrogen) atoms. The molecule has 7 nitrogen and oxygen atoms in total. The summed E-state index contributed by atoms with van der Waals surface area (Å²) in [6.07, 6.45) is 4.42. The molecule has 0 aliphatic carbocycles. The van der Waals surface area contributed by atoms with E-state index in [0.717, 1.165) is 12.8 Å². The molecule has 1 aromatic heterocycles. The Morgan fingerprint density at radius 3 is 2.67 bits per heavy atom. The molecule has 0 N–H and O–H groups in total. The Hall–Kier alpha value is -3.00. The van der Waals surface area contributed by atoms with Gasteiger partial charge in [-0.1, -0.05) is 0 Å². The zero-order valence-corrected chi connectivity index (χ0v) is 16.6. The fourth-order valence-corrected chi connectivity index (χ4v) is 3.87. The van der Waals surface area contributed by atoms with Gasteiger partial charge in [0.25, 0.3) is 5.91 Å². The van der Waals surface area contributed by atoms with Gasteiger partial charge in [-0.05, 0) is 49.2 Å². The predicted molar refractivity (Wildman–Crippen MR) is 107 cm³/mol. The summed E-state index contributed by atoms with van der Waals surface area (Å²) in [6.45, 7) is 1.95. The molecule has 2 amide bonds. The number of halogens is 1. The molecular weight excluding hydrogens is 389 g/mol. The summed E-state index contributed by atoms with van der Waals surface area (Å²) < 4.78 is 24.3. The highest BCUT2D eigenvalue weighted by Crippen LogP contribution is 2.22. The van der Waals surface area contributed by atoms with E-state index in [4.69, 9.17) is 9.47 Å². The molecule has 158 valence electrons. The number of aromatic nitrogens is 1. The standard InChI is InChI=1S/C22H24FN3O4/c23-17-3-5-19(6-4-17)29-14-20-13-26(21(27)15-30-20)18-7-10-25(11-8-18)22(28)16-2-1-9-24-12-16/h1-6,9,12,18,20H,7-8,10-11,13-15H2. The van der Waals surface area contributed by atoms with Crippen molar-refractivity contribution in [3.8, 4) is 5.75 Å². The van der Waals surface area contributed by atoms with Crippen LogP contribution in [-0.4, -0.2) is 71.6 Å². The Labute approximate surface area is 174 Å². The highest BCUT2D eigenvalue weighted by atomic mass is 19.1. The Bertz CT molecular complexity index is 870. The van der Waals surface area contributed by atoms with Crippen molar-refractivity contribution in [2.75, 3.05) is 32.8 Å². The van der Waals surface area contributed by atoms with Crippen LogP contribution in [0.25, 0.3) is 0 Å². The van der Waals surface area contributed by atoms with Gasteiger partial charge in [0, 0.05) is 31.5 Å². The molecule has 0 radical (unpaired) electrons. The van der Waals surface area contributed by atoms with Crippen molar-refractivity contribution in [2.45, 2.75) is 25.0 Å². The van der Waals surface area contributed by atoms with Crippen LogP contribution in [0.15, 0.2) is 48.8 Å². The van der Waals surface area contributed by atoms with Crippen LogP contribution >= 0.6 is 0 Å². The largest absolute Gasteiger partial charge is 0.491 e. The third kappa shape index (κ3) is 4.76. The second-order valence-corrected chi connectivity index (χ2v) is 7.51. The van der Waals surface area contributed by atoms with Crippen LogP contribution in [0.3, 0.4) is 0 Å². The summed E-state index contributed by atoms with van der Waals surface area (Å²) in [5.74, 6) is 0.178. The van der Waals surface area contributed by atoms with Crippen molar-refractivity contribution in [3.05, 3.63) is 60.2 Å². The predicted octanol–water partition coefficient (Wildman–Crippen LogP) is 2.13. The van der Waals surface area contributed by atoms with E-state index in [1.807, 2.05) is 9.80 Å². The van der Waals surface area contributed by atoms with E-state index < -0.39 is 0 Å². The average Bonchev–Trinajstić information content (AvgIpc) is 2.80. The molecular formula is C22H24FN3O4. The molecule has 2 aliphatic rings. The molecule has 2 aliphatic heterocycles. The fourth-order valence-electron chi connectivity index (χ4n) is 3.87. The number of ether oxygens (including phenoxy) is 2. The number of carbonyl (C=O) groups excluding carboxylic acids is 2. The van der Waals surface area contributed by atoms with Crippen LogP contribution < -0.4 is 4.74 Å². The summed E-state index contributed by atoms with van der Waals surface area (Å²) in [5, 5.41) is 0. The van der Waals surface area contributed by atoms with E-state index in [2.05, 4.69) is 4.98 Å². The van der Waals surface area contributed by atoms with Gasteiger partial charge in [0.2, 0.25) is 5.91 Å². The Balaban J connectivity index is 1.29. The summed E-state index contributed by atoms with van der Waals surface area (Å²) in [5.41, 5.74) is 0.580. The SMILES string of the molecule is O=C(c1cccnc1)N1CCC(N2CC(COc3ccc(F)cc3)OCC2=O)CC1. The van der Waals surface area contributed by atoms with Gasteiger partial charge in [-0.25, -0.2) is 4.39 Å². The normalized spacial score (nSPS) is 20.3. The Morgan fingerprint density at radius 2 is 1.97 bits per heavy atom. The smallest absolute Gasteiger partial charge is 0.255 e. The van der Waals surface area contributed by atoms with E-state index in [9.17, 15) is 14.0 Å². The van der Waals surface area contributed by atoms with Crippen LogP contribution in [0.4, 0.5) is 4.39 Å². The monoisotopic (exact) mass is 413 g/mol. The number of benzene rings is 1. The first-order valence-corrected chi connectivity index (χ1v) is 10.1. The summed E-state index contributed by atoms with van der Waals surface area (Å²) in [4.78, 5) is 32.7. The first-order valence-electron chi connectivity index (χ1n) is 10.1. The highest BCUT2D eigenvalue weighted by molar-refractivity contribution is 5.93. The minimum atomic E-state index is -0.318. The highest BCUT2D eigenvalue weighted by Gasteiger charge is 2.34. The molecule has 1 aromatic carbocycles. The first kappa shape index (κ1) is 20.3. The lowest BCUT2D eigenvalue weighted by Crippen LogP contribution is -2.55. The molecule has 3 heterocycles. The summed E-state index contributed by atoms with van der Waals surface area (Å²) in [6, 6.07) is 9.40. The van der Waals surface area contributed by atoms with Crippen LogP contribution in [0.5, 0.6) is 5.75 Å². The topological polar surface area (TPSA) is 72.0 Å². The number of hydrogen-bond donors (Lipinski definition) is 0. The van der Waals surface area contributed by atoms with Gasteiger partial charge in [-0.3, -0.25) is 14.6 Å². The van der Waals surface area contributed by atoms with Gasteiger partial charge in [-0.2, -0.15) is 0 Å². The maximum absolute atomic E-state index is 13.0. The zero-order chi connectivity index (χ0) is 20.9. The molecule has 2 aromatic rings. The lowest BCUT2D eigenvalue weighted by Gasteiger charge is -2.42. The number of amides is 2. The van der Waals surface area contributed by atoms with E-state index in [1.165, 1.54) is 12.1 Å². The van der Waals surface area contributed by atoms with E-state index in [0.29, 0.717) is 30.9 Å². The van der Waals surface area contributed by atoms with Crippen LogP contribution in [-0.2, 0) is 9.53 Å². The molecule has 4 rings (SSSR count). The summed E-state index contributed by atoms with van der Waals surface area (Å²) >= 11 is 0. The minimum absolute atomic E-state index is 0.0201. The van der Waals surface area contributed by atoms with Gasteiger partial charge >= 0.3 is 0 Å². The van der Waals surface area contributed by atoms with Crippen molar-refractivity contribution >= 4 is 11.8 Å². The van der Waals surface area contributed by atoms with E-state index in [-0.39, 0.29) is 43.0 Å². The average molecular weight is 413 g/mol. The number of piperidine rings is 1. The zero-order valence-electron chi connectivity index (χ0n) is 16.6. The summed E-state index contributed by atoms with van der Waals surface area (Å²) in [7, 11) is 0. The minimum Gasteiger partial charge on any atom is -0.491 e. The van der Waals surface area contributed by atoms with Gasteiger partial charge in [-0.15, -0.1) is 0 Å². The number of carbonyl (C=O) groups is 2.